The van der Waals surface area contributed by atoms with Gasteiger partial charge in [-0.3, -0.25) is 50.5 Å². The highest BCUT2D eigenvalue weighted by molar-refractivity contribution is 7.94. The fraction of sp³-hybridized carbons (Fsp3) is 0.190. The summed E-state index contributed by atoms with van der Waals surface area (Å²) >= 11 is 17.8. The number of pyridine rings is 4. The lowest BCUT2D eigenvalue weighted by Crippen LogP contribution is -2.38. The average Bonchev–Trinajstić information content (AvgIpc) is 0.797. The summed E-state index contributed by atoms with van der Waals surface area (Å²) in [6.45, 7) is 23.6. The number of hydrogen-bond acceptors (Lipinski definition) is 20. The van der Waals surface area contributed by atoms with Crippen molar-refractivity contribution in [2.75, 3.05) is 75.5 Å². The lowest BCUT2D eigenvalue weighted by molar-refractivity contribution is -0.145. The monoisotopic (exact) mass is 2070 g/mol. The van der Waals surface area contributed by atoms with Gasteiger partial charge in [0.25, 0.3) is 50.1 Å². The van der Waals surface area contributed by atoms with Crippen molar-refractivity contribution in [3.63, 3.8) is 0 Å². The Morgan fingerprint density at radius 2 is 0.585 bits per heavy atom. The standard InChI is InChI=1S/C22H22ClN3O3S.C22H23N3O3S.2C21H20ClN3O3S.C19H23NO4S/c1-15-9-10-17(3)20(12-15)26(30(28,29)18-7-5-4-6-8-18)14-21(27)25-19-11-16(2)13-24-22(19)23;1-16-9-10-18(3)21(12-16)25(29(27,28)20-7-5-4-6-8-20)15-22(26)24-19-11-17(2)13-23-14-19;1-15-10-11-16(2)19(13-15)25(29(27,28)17-7-4-3-5-8-17)14-20(26)24-18-9-6-12-23-21(18)22;1-15-8-9-16(2)19(12-15)25(29(27,28)18-6-4-3-5-7-18)14-21(26)24-17-10-11-20(22)23-13-17;1-14(2)24-19(21)13-20(18-12-15(3)10-11-16(18)4)25(22,23)17-8-6-5-7-9-17/h4-13H,14H2,1-3H3,(H,25,27);4-14H,15H2,1-3H3,(H,24,26);2*3-13H,14H2,1-2H3,(H,24,26);5-12,14H,13H2,1-4H3. The Bertz CT molecular complexity index is 7450. The number of benzene rings is 10. The van der Waals surface area contributed by atoms with Gasteiger partial charge in [-0.1, -0.05) is 186 Å². The largest absolute Gasteiger partial charge is 0.462 e. The van der Waals surface area contributed by atoms with Crippen LogP contribution in [0.25, 0.3) is 0 Å². The number of nitrogens with one attached hydrogen (secondary N) is 4. The van der Waals surface area contributed by atoms with Crippen molar-refractivity contribution in [2.45, 2.75) is 128 Å². The van der Waals surface area contributed by atoms with E-state index in [1.807, 2.05) is 137 Å². The van der Waals surface area contributed by atoms with Gasteiger partial charge in [0, 0.05) is 18.6 Å². The molecule has 0 spiro atoms. The predicted octanol–water partition coefficient (Wildman–Crippen LogP) is 20.2. The third kappa shape index (κ3) is 30.2. The third-order valence-corrected chi connectivity index (χ3v) is 30.8. The van der Waals surface area contributed by atoms with Gasteiger partial charge in [-0.05, 0) is 291 Å². The van der Waals surface area contributed by atoms with Gasteiger partial charge in [0.2, 0.25) is 23.6 Å². The maximum absolute atomic E-state index is 13.4. The summed E-state index contributed by atoms with van der Waals surface area (Å²) in [4.78, 5) is 79.6. The number of esters is 1. The first-order valence-electron chi connectivity index (χ1n) is 44.1. The molecule has 0 aliphatic carbocycles. The van der Waals surface area contributed by atoms with E-state index >= 15 is 0 Å². The van der Waals surface area contributed by atoms with Crippen molar-refractivity contribution < 1.29 is 70.8 Å². The second kappa shape index (κ2) is 49.7. The molecule has 0 saturated heterocycles. The molecule has 740 valence electrons. The van der Waals surface area contributed by atoms with Crippen molar-refractivity contribution in [1.29, 1.82) is 0 Å². The summed E-state index contributed by atoms with van der Waals surface area (Å²) in [5.41, 5.74) is 13.8. The number of amides is 4. The van der Waals surface area contributed by atoms with E-state index in [-0.39, 0.29) is 60.5 Å². The highest BCUT2D eigenvalue weighted by atomic mass is 35.5. The van der Waals surface area contributed by atoms with Crippen LogP contribution in [0.2, 0.25) is 15.5 Å². The maximum Gasteiger partial charge on any atom is 0.327 e. The minimum atomic E-state index is -3.98. The molecule has 0 bridgehead atoms. The van der Waals surface area contributed by atoms with Gasteiger partial charge in [-0.15, -0.1) is 0 Å². The lowest BCUT2D eigenvalue weighted by atomic mass is 10.1. The number of aromatic nitrogens is 4. The van der Waals surface area contributed by atoms with Gasteiger partial charge < -0.3 is 26.0 Å². The van der Waals surface area contributed by atoms with Crippen molar-refractivity contribution in [2.24, 2.45) is 0 Å². The zero-order chi connectivity index (χ0) is 104. The minimum Gasteiger partial charge on any atom is -0.462 e. The molecule has 14 rings (SSSR count). The third-order valence-electron chi connectivity index (χ3n) is 21.1. The van der Waals surface area contributed by atoms with Crippen LogP contribution >= 0.6 is 34.8 Å². The van der Waals surface area contributed by atoms with Gasteiger partial charge in [-0.2, -0.15) is 0 Å². The first-order valence-corrected chi connectivity index (χ1v) is 52.5. The molecule has 0 aliphatic heterocycles. The topological polar surface area (TPSA) is 381 Å². The van der Waals surface area contributed by atoms with Crippen LogP contribution in [0.3, 0.4) is 0 Å². The fourth-order valence-electron chi connectivity index (χ4n) is 13.9. The molecule has 14 aromatic rings. The Morgan fingerprint density at radius 3 is 0.887 bits per heavy atom. The second-order valence-electron chi connectivity index (χ2n) is 33.1. The van der Waals surface area contributed by atoms with Crippen molar-refractivity contribution in [1.82, 2.24) is 19.9 Å². The molecule has 37 heteroatoms. The van der Waals surface area contributed by atoms with Gasteiger partial charge >= 0.3 is 5.97 Å². The summed E-state index contributed by atoms with van der Waals surface area (Å²) in [7, 11) is -19.7. The Kier molecular flexibility index (Phi) is 38.5. The maximum atomic E-state index is 13.4. The number of sulfonamides is 5. The number of carbonyl (C=O) groups is 5. The van der Waals surface area contributed by atoms with Crippen LogP contribution in [-0.2, 0) is 78.8 Å². The zero-order valence-corrected chi connectivity index (χ0v) is 86.6. The number of rotatable bonds is 30. The quantitative estimate of drug-likeness (QED) is 0.0240. The SMILES string of the molecule is Cc1ccc(C)c(N(CC(=O)Nc2ccc(Cl)nc2)S(=O)(=O)c2ccccc2)c1.Cc1ccc(C)c(N(CC(=O)Nc2cccnc2Cl)S(=O)(=O)c2ccccc2)c1.Cc1ccc(C)c(N(CC(=O)OC(C)C)S(=O)(=O)c2ccccc2)c1.Cc1cnc(Cl)c(NC(=O)CN(c2cc(C)ccc2C)S(=O)(=O)c2ccccc2)c1.Cc1cncc(NC(=O)CN(c2cc(C)ccc2C)S(=O)(=O)c2ccccc2)c1. The van der Waals surface area contributed by atoms with E-state index in [9.17, 15) is 66.1 Å². The van der Waals surface area contributed by atoms with Gasteiger partial charge in [0.15, 0.2) is 10.3 Å². The minimum absolute atomic E-state index is 0.105. The van der Waals surface area contributed by atoms with Crippen LogP contribution in [-0.4, -0.2) is 130 Å². The zero-order valence-electron chi connectivity index (χ0n) is 80.3. The highest BCUT2D eigenvalue weighted by Gasteiger charge is 2.35. The number of ether oxygens (including phenoxy) is 1. The molecule has 4 heterocycles. The van der Waals surface area contributed by atoms with E-state index in [4.69, 9.17) is 39.5 Å². The molecule has 142 heavy (non-hydrogen) atoms. The second-order valence-corrected chi connectivity index (χ2v) is 43.5. The molecular formula is C105H108Cl3N13O16S5. The molecule has 0 radical (unpaired) electrons. The van der Waals surface area contributed by atoms with E-state index in [1.54, 1.807) is 191 Å². The Balaban J connectivity index is 0.000000183. The fourth-order valence-corrected chi connectivity index (χ4v) is 21.9. The summed E-state index contributed by atoms with van der Waals surface area (Å²) in [5, 5.41) is 11.3. The number of hydrogen-bond donors (Lipinski definition) is 4. The van der Waals surface area contributed by atoms with Gasteiger partial charge in [0.1, 0.15) is 37.9 Å². The molecular weight excluding hydrogens is 1970 g/mol. The van der Waals surface area contributed by atoms with Gasteiger partial charge in [-0.25, -0.2) is 57.0 Å². The number of nitrogens with zero attached hydrogens (tertiary/aromatic N) is 9. The van der Waals surface area contributed by atoms with Crippen LogP contribution in [0.15, 0.2) is 335 Å². The molecule has 0 unspecified atom stereocenters. The first-order chi connectivity index (χ1) is 67.2. The first kappa shape index (κ1) is 110. The molecule has 4 N–H and O–H groups in total. The molecule has 0 atom stereocenters. The lowest BCUT2D eigenvalue weighted by Gasteiger charge is -2.26. The van der Waals surface area contributed by atoms with E-state index in [0.717, 1.165) is 88.3 Å². The van der Waals surface area contributed by atoms with E-state index in [2.05, 4.69) is 41.2 Å². The molecule has 0 saturated carbocycles. The molecule has 10 aromatic carbocycles. The number of anilines is 9. The van der Waals surface area contributed by atoms with E-state index in [1.165, 1.54) is 79.3 Å². The van der Waals surface area contributed by atoms with Crippen LogP contribution < -0.4 is 42.8 Å². The number of halogens is 3. The summed E-state index contributed by atoms with van der Waals surface area (Å²) in [6.07, 6.45) is 7.39. The average molecular weight is 2070 g/mol. The van der Waals surface area contributed by atoms with Crippen molar-refractivity contribution in [3.8, 4) is 0 Å². The van der Waals surface area contributed by atoms with Crippen LogP contribution in [0.1, 0.15) is 80.6 Å². The normalized spacial score (nSPS) is 11.2. The molecule has 0 aliphatic rings. The summed E-state index contributed by atoms with van der Waals surface area (Å²) in [5.74, 6) is -2.58. The smallest absolute Gasteiger partial charge is 0.327 e. The summed E-state index contributed by atoms with van der Waals surface area (Å²) < 4.78 is 144. The number of carbonyl (C=O) groups excluding carboxylic acids is 5. The molecule has 0 fully saturated rings. The van der Waals surface area contributed by atoms with Crippen LogP contribution in [0, 0.1) is 83.1 Å². The summed E-state index contributed by atoms with van der Waals surface area (Å²) in [6, 6.07) is 77.6. The Labute approximate surface area is 845 Å². The highest BCUT2D eigenvalue weighted by Crippen LogP contribution is 2.36. The Morgan fingerprint density at radius 1 is 0.289 bits per heavy atom. The predicted molar refractivity (Wildman–Crippen MR) is 562 cm³/mol. The number of aryl methyl sites for hydroxylation is 12. The van der Waals surface area contributed by atoms with E-state index in [0.29, 0.717) is 56.3 Å². The van der Waals surface area contributed by atoms with E-state index < -0.39 is 92.8 Å². The molecule has 29 nitrogen and oxygen atoms in total. The van der Waals surface area contributed by atoms with Crippen LogP contribution in [0.4, 0.5) is 51.2 Å². The van der Waals surface area contributed by atoms with Crippen molar-refractivity contribution in [3.05, 3.63) is 392 Å². The van der Waals surface area contributed by atoms with Crippen LogP contribution in [0.5, 0.6) is 0 Å². The van der Waals surface area contributed by atoms with Crippen molar-refractivity contribution >= 4 is 166 Å². The molecule has 4 aromatic heterocycles. The Hall–Kier alpha value is -14.2. The molecule has 4 amide bonds. The van der Waals surface area contributed by atoms with Gasteiger partial charge in [0.05, 0.1) is 94.2 Å².